The molecule has 0 bridgehead atoms. The van der Waals surface area contributed by atoms with Gasteiger partial charge in [-0.3, -0.25) is 4.99 Å². The molecule has 0 radical (unpaired) electrons. The van der Waals surface area contributed by atoms with E-state index in [2.05, 4.69) is 11.9 Å². The Morgan fingerprint density at radius 2 is 2.11 bits per heavy atom. The molecule has 0 amide bonds. The van der Waals surface area contributed by atoms with Crippen molar-refractivity contribution in [2.24, 2.45) is 4.99 Å². The molecule has 0 saturated carbocycles. The van der Waals surface area contributed by atoms with Crippen molar-refractivity contribution in [1.82, 2.24) is 4.90 Å². The van der Waals surface area contributed by atoms with Crippen LogP contribution < -0.4 is 0 Å². The molecule has 0 aromatic heterocycles. The highest BCUT2D eigenvalue weighted by molar-refractivity contribution is 8.14. The Bertz CT molecular complexity index is 353. The first-order valence-corrected chi connectivity index (χ1v) is 7.49. The summed E-state index contributed by atoms with van der Waals surface area (Å²) in [7, 11) is 1.95. The number of amidine groups is 1. The van der Waals surface area contributed by atoms with E-state index in [0.29, 0.717) is 0 Å². The fourth-order valence-electron chi connectivity index (χ4n) is 2.39. The number of nitrogens with zero attached hydrogens (tertiary/aromatic N) is 2. The van der Waals surface area contributed by atoms with Gasteiger partial charge >= 0.3 is 0 Å². The number of thioether (sulfide) groups is 1. The largest absolute Gasteiger partial charge is 0.391 e. The van der Waals surface area contributed by atoms with Gasteiger partial charge in [0.25, 0.3) is 0 Å². The smallest absolute Gasteiger partial charge is 0.162 e. The van der Waals surface area contributed by atoms with E-state index in [4.69, 9.17) is 4.74 Å². The maximum absolute atomic E-state index is 10.1. The number of hydrogen-bond donors (Lipinski definition) is 3. The van der Waals surface area contributed by atoms with E-state index in [1.165, 1.54) is 11.8 Å². The fourth-order valence-corrected chi connectivity index (χ4v) is 3.60. The highest BCUT2D eigenvalue weighted by Crippen LogP contribution is 2.37. The Morgan fingerprint density at radius 3 is 2.68 bits per heavy atom. The van der Waals surface area contributed by atoms with Crippen LogP contribution in [-0.2, 0) is 4.74 Å². The van der Waals surface area contributed by atoms with E-state index < -0.39 is 30.5 Å². The second-order valence-corrected chi connectivity index (χ2v) is 6.20. The quantitative estimate of drug-likeness (QED) is 0.657. The van der Waals surface area contributed by atoms with Crippen molar-refractivity contribution in [3.8, 4) is 0 Å². The number of rotatable bonds is 3. The molecule has 1 saturated heterocycles. The zero-order chi connectivity index (χ0) is 14.2. The van der Waals surface area contributed by atoms with Crippen LogP contribution in [0.25, 0.3) is 0 Å². The minimum absolute atomic E-state index is 0.340. The van der Waals surface area contributed by atoms with E-state index in [1.54, 1.807) is 6.92 Å². The third-order valence-electron chi connectivity index (χ3n) is 3.45. The van der Waals surface area contributed by atoms with Crippen LogP contribution in [0.15, 0.2) is 4.99 Å². The molecule has 6 nitrogen and oxygen atoms in total. The molecule has 0 spiro atoms. The molecular formula is C12H22N2O4S. The maximum atomic E-state index is 10.1. The molecule has 3 N–H and O–H groups in total. The molecule has 7 heteroatoms. The lowest BCUT2D eigenvalue weighted by Gasteiger charge is -2.39. The molecule has 110 valence electrons. The Morgan fingerprint density at radius 1 is 1.42 bits per heavy atom. The van der Waals surface area contributed by atoms with E-state index in [-0.39, 0.29) is 5.44 Å². The molecule has 2 rings (SSSR count). The number of aliphatic hydroxyl groups excluding tert-OH is 3. The number of ether oxygens (including phenoxy) is 1. The van der Waals surface area contributed by atoms with Crippen LogP contribution in [0, 0.1) is 0 Å². The first-order valence-electron chi connectivity index (χ1n) is 6.61. The van der Waals surface area contributed by atoms with Crippen molar-refractivity contribution >= 4 is 16.9 Å². The van der Waals surface area contributed by atoms with E-state index in [1.807, 2.05) is 11.9 Å². The van der Waals surface area contributed by atoms with Gasteiger partial charge in [0.05, 0.1) is 6.10 Å². The number of aliphatic imine (C=N–C) groups is 1. The number of fused-ring (bicyclic) bond motifs is 1. The first kappa shape index (κ1) is 15.1. The molecule has 6 atom stereocenters. The topological polar surface area (TPSA) is 85.5 Å². The van der Waals surface area contributed by atoms with E-state index in [9.17, 15) is 15.3 Å². The van der Waals surface area contributed by atoms with Gasteiger partial charge in [-0.1, -0.05) is 18.7 Å². The van der Waals surface area contributed by atoms with Crippen molar-refractivity contribution in [1.29, 1.82) is 0 Å². The second-order valence-electron chi connectivity index (χ2n) is 5.13. The zero-order valence-corrected chi connectivity index (χ0v) is 12.2. The lowest BCUT2D eigenvalue weighted by atomic mass is 9.95. The van der Waals surface area contributed by atoms with Crippen LogP contribution >= 0.6 is 11.8 Å². The standard InChI is InChI=1S/C12H22N2O4S/c1-4-5-14(3)12-13-7-8(16)9(17)10(6(2)15)18-11(7)19-12/h6-11,15-17H,4-5H2,1-3H3. The molecule has 2 aliphatic heterocycles. The van der Waals surface area contributed by atoms with E-state index >= 15 is 0 Å². The summed E-state index contributed by atoms with van der Waals surface area (Å²) >= 11 is 1.44. The lowest BCUT2D eigenvalue weighted by molar-refractivity contribution is -0.181. The number of hydrogen-bond acceptors (Lipinski definition) is 7. The van der Waals surface area contributed by atoms with Gasteiger partial charge in [0, 0.05) is 13.6 Å². The molecule has 2 heterocycles. The molecule has 6 unspecified atom stereocenters. The van der Waals surface area contributed by atoms with Crippen molar-refractivity contribution in [2.75, 3.05) is 13.6 Å². The van der Waals surface area contributed by atoms with Crippen LogP contribution in [0.5, 0.6) is 0 Å². The Hall–Kier alpha value is -0.340. The predicted octanol–water partition coefficient (Wildman–Crippen LogP) is -0.373. The van der Waals surface area contributed by atoms with Crippen LogP contribution in [-0.4, -0.2) is 74.9 Å². The van der Waals surface area contributed by atoms with Crippen LogP contribution in [0.1, 0.15) is 20.3 Å². The average Bonchev–Trinajstić information content (AvgIpc) is 2.78. The molecule has 2 aliphatic rings. The summed E-state index contributed by atoms with van der Waals surface area (Å²) in [5.74, 6) is 0. The fraction of sp³-hybridized carbons (Fsp3) is 0.917. The van der Waals surface area contributed by atoms with Gasteiger partial charge in [-0.15, -0.1) is 0 Å². The Balaban J connectivity index is 2.10. The summed E-state index contributed by atoms with van der Waals surface area (Å²) < 4.78 is 5.67. The Kier molecular flexibility index (Phi) is 4.73. The predicted molar refractivity (Wildman–Crippen MR) is 74.1 cm³/mol. The average molecular weight is 290 g/mol. The first-order chi connectivity index (χ1) is 8.95. The summed E-state index contributed by atoms with van der Waals surface area (Å²) in [6, 6.07) is -0.468. The summed E-state index contributed by atoms with van der Waals surface area (Å²) in [6.07, 6.45) is -2.70. The van der Waals surface area contributed by atoms with Gasteiger partial charge < -0.3 is 25.0 Å². The minimum atomic E-state index is -1.11. The second kappa shape index (κ2) is 5.97. The third kappa shape index (κ3) is 2.90. The molecular weight excluding hydrogens is 268 g/mol. The maximum Gasteiger partial charge on any atom is 0.162 e. The Labute approximate surface area is 117 Å². The molecule has 1 fully saturated rings. The number of aliphatic hydroxyl groups is 3. The van der Waals surface area contributed by atoms with Gasteiger partial charge in [-0.25, -0.2) is 0 Å². The normalized spacial score (nSPS) is 39.7. The summed E-state index contributed by atoms with van der Waals surface area (Å²) in [5, 5.41) is 30.5. The van der Waals surface area contributed by atoms with Gasteiger partial charge in [0.2, 0.25) is 0 Å². The summed E-state index contributed by atoms with van der Waals surface area (Å²) in [5.41, 5.74) is -0.340. The van der Waals surface area contributed by atoms with Crippen LogP contribution in [0.4, 0.5) is 0 Å². The van der Waals surface area contributed by atoms with Crippen molar-refractivity contribution in [3.63, 3.8) is 0 Å². The minimum Gasteiger partial charge on any atom is -0.391 e. The summed E-state index contributed by atoms with van der Waals surface area (Å²) in [6.45, 7) is 4.51. The van der Waals surface area contributed by atoms with Gasteiger partial charge in [-0.2, -0.15) is 0 Å². The monoisotopic (exact) mass is 290 g/mol. The van der Waals surface area contributed by atoms with E-state index in [0.717, 1.165) is 18.1 Å². The van der Waals surface area contributed by atoms with Crippen molar-refractivity contribution < 1.29 is 20.1 Å². The van der Waals surface area contributed by atoms with Gasteiger partial charge in [0.15, 0.2) is 5.17 Å². The summed E-state index contributed by atoms with van der Waals surface area (Å²) in [4.78, 5) is 6.46. The zero-order valence-electron chi connectivity index (χ0n) is 11.4. The van der Waals surface area contributed by atoms with Crippen molar-refractivity contribution in [2.45, 2.75) is 56.2 Å². The van der Waals surface area contributed by atoms with Crippen LogP contribution in [0.3, 0.4) is 0 Å². The lowest BCUT2D eigenvalue weighted by Crippen LogP contribution is -2.57. The highest BCUT2D eigenvalue weighted by atomic mass is 32.2. The third-order valence-corrected chi connectivity index (χ3v) is 4.70. The van der Waals surface area contributed by atoms with Crippen LogP contribution in [0.2, 0.25) is 0 Å². The van der Waals surface area contributed by atoms with Crippen molar-refractivity contribution in [3.05, 3.63) is 0 Å². The highest BCUT2D eigenvalue weighted by Gasteiger charge is 2.49. The molecule has 0 aliphatic carbocycles. The molecule has 19 heavy (non-hydrogen) atoms. The SMILES string of the molecule is CCCN(C)C1=NC2C(OC(C(C)O)C(O)C2O)S1. The molecule has 0 aromatic carbocycles. The molecule has 0 aromatic rings. The van der Waals surface area contributed by atoms with Gasteiger partial charge in [0.1, 0.15) is 29.8 Å². The van der Waals surface area contributed by atoms with Gasteiger partial charge in [-0.05, 0) is 13.3 Å².